The lowest BCUT2D eigenvalue weighted by Crippen LogP contribution is -2.44. The summed E-state index contributed by atoms with van der Waals surface area (Å²) in [6.45, 7) is 1.12. The third-order valence-corrected chi connectivity index (χ3v) is 6.74. The molecule has 8 nitrogen and oxygen atoms in total. The molecule has 2 aliphatic heterocycles. The zero-order valence-electron chi connectivity index (χ0n) is 19.3. The second-order valence-corrected chi connectivity index (χ2v) is 8.73. The van der Waals surface area contributed by atoms with Crippen molar-refractivity contribution in [3.05, 3.63) is 70.8 Å². The van der Waals surface area contributed by atoms with E-state index in [1.807, 2.05) is 22.9 Å². The average molecular weight is 515 g/mol. The molecular weight excluding hydrogens is 490 g/mol. The molecule has 2 aromatic heterocycles. The Hall–Kier alpha value is -3.50. The van der Waals surface area contributed by atoms with Crippen molar-refractivity contribution in [3.8, 4) is 16.9 Å². The van der Waals surface area contributed by atoms with Gasteiger partial charge in [-0.25, -0.2) is 14.6 Å². The third kappa shape index (κ3) is 4.20. The molecule has 4 heterocycles. The number of nitrogens with one attached hydrogen (secondary N) is 1. The monoisotopic (exact) mass is 514 g/mol. The number of piperazine rings is 1. The van der Waals surface area contributed by atoms with Gasteiger partial charge in [-0.15, -0.1) is 12.4 Å². The lowest BCUT2D eigenvalue weighted by molar-refractivity contribution is -0.0507. The molecule has 0 radical (unpaired) electrons. The fourth-order valence-electron chi connectivity index (χ4n) is 5.11. The van der Waals surface area contributed by atoms with Gasteiger partial charge in [0.2, 0.25) is 5.95 Å². The molecule has 0 saturated carbocycles. The molecule has 4 aromatic rings. The number of anilines is 1. The number of para-hydroxylation sites is 1. The van der Waals surface area contributed by atoms with E-state index in [-0.39, 0.29) is 29.8 Å². The van der Waals surface area contributed by atoms with Crippen LogP contribution >= 0.6 is 12.4 Å². The summed E-state index contributed by atoms with van der Waals surface area (Å²) in [6, 6.07) is 12.1. The maximum absolute atomic E-state index is 13.1. The molecule has 1 atom stereocenters. The quantitative estimate of drug-likeness (QED) is 0.438. The summed E-state index contributed by atoms with van der Waals surface area (Å²) in [5.74, 6) is 0.830. The van der Waals surface area contributed by atoms with Gasteiger partial charge in [0.05, 0.1) is 16.9 Å². The lowest BCUT2D eigenvalue weighted by Gasteiger charge is -2.27. The summed E-state index contributed by atoms with van der Waals surface area (Å²) < 4.78 is 34.4. The van der Waals surface area contributed by atoms with Gasteiger partial charge in [-0.2, -0.15) is 8.78 Å². The highest BCUT2D eigenvalue weighted by Crippen LogP contribution is 2.37. The van der Waals surface area contributed by atoms with Crippen LogP contribution in [0.2, 0.25) is 0 Å². The highest BCUT2D eigenvalue weighted by atomic mass is 35.5. The highest BCUT2D eigenvalue weighted by Gasteiger charge is 2.30. The fraction of sp³-hybridized carbons (Fsp3) is 0.320. The van der Waals surface area contributed by atoms with Gasteiger partial charge in [-0.3, -0.25) is 9.48 Å². The van der Waals surface area contributed by atoms with Crippen molar-refractivity contribution >= 4 is 29.3 Å². The fourth-order valence-corrected chi connectivity index (χ4v) is 5.11. The van der Waals surface area contributed by atoms with Crippen LogP contribution in [0, 0.1) is 0 Å². The van der Waals surface area contributed by atoms with Crippen LogP contribution in [0.1, 0.15) is 18.0 Å². The Labute approximate surface area is 211 Å². The summed E-state index contributed by atoms with van der Waals surface area (Å²) in [5.41, 5.74) is 3.01. The summed E-state index contributed by atoms with van der Waals surface area (Å²) in [7, 11) is 0. The molecule has 0 bridgehead atoms. The van der Waals surface area contributed by atoms with E-state index >= 15 is 0 Å². The van der Waals surface area contributed by atoms with Crippen molar-refractivity contribution in [1.82, 2.24) is 24.6 Å². The Morgan fingerprint density at radius 2 is 1.75 bits per heavy atom. The molecule has 6 rings (SSSR count). The summed E-state index contributed by atoms with van der Waals surface area (Å²) in [5, 5.41) is 3.90. The Balaban J connectivity index is 0.00000267. The van der Waals surface area contributed by atoms with E-state index in [0.717, 1.165) is 42.8 Å². The van der Waals surface area contributed by atoms with Crippen LogP contribution < -0.4 is 20.5 Å². The van der Waals surface area contributed by atoms with Gasteiger partial charge >= 0.3 is 6.61 Å². The van der Waals surface area contributed by atoms with Gasteiger partial charge in [0.25, 0.3) is 5.56 Å². The van der Waals surface area contributed by atoms with E-state index < -0.39 is 6.61 Å². The van der Waals surface area contributed by atoms with Crippen molar-refractivity contribution < 1.29 is 13.5 Å². The Kier molecular flexibility index (Phi) is 6.63. The zero-order valence-corrected chi connectivity index (χ0v) is 20.1. The maximum Gasteiger partial charge on any atom is 0.387 e. The Morgan fingerprint density at radius 1 is 1.00 bits per heavy atom. The minimum atomic E-state index is -2.92. The van der Waals surface area contributed by atoms with Crippen LogP contribution in [0.4, 0.5) is 14.7 Å². The number of fused-ring (bicyclic) bond motifs is 3. The molecule has 2 aliphatic rings. The maximum atomic E-state index is 13.1. The second kappa shape index (κ2) is 9.87. The smallest absolute Gasteiger partial charge is 0.387 e. The van der Waals surface area contributed by atoms with E-state index in [1.165, 1.54) is 6.07 Å². The SMILES string of the molecule is Cl.O=c1c2ccc(-c3cnc(N4CCNCC4)nc3)cc2n2n1CCC2c1ccccc1OC(F)F. The van der Waals surface area contributed by atoms with Crippen molar-refractivity contribution in [3.63, 3.8) is 0 Å². The first-order valence-corrected chi connectivity index (χ1v) is 11.7. The minimum Gasteiger partial charge on any atom is -0.434 e. The van der Waals surface area contributed by atoms with Crippen molar-refractivity contribution in [2.45, 2.75) is 25.6 Å². The standard InChI is InChI=1S/C25H24F2N6O2.ClH/c26-24(27)35-22-4-2-1-3-18(22)20-7-10-32-23(34)19-6-5-16(13-21(19)33(20)32)17-14-29-25(30-15-17)31-11-8-28-9-12-31;/h1-6,13-15,20,24,28H,7-12H2;1H. The van der Waals surface area contributed by atoms with Gasteiger partial charge < -0.3 is 15.0 Å². The van der Waals surface area contributed by atoms with E-state index in [9.17, 15) is 13.6 Å². The molecule has 0 amide bonds. The van der Waals surface area contributed by atoms with Gasteiger partial charge in [-0.1, -0.05) is 24.3 Å². The number of aromatic nitrogens is 4. The van der Waals surface area contributed by atoms with Gasteiger partial charge in [0.15, 0.2) is 0 Å². The predicted molar refractivity (Wildman–Crippen MR) is 135 cm³/mol. The van der Waals surface area contributed by atoms with Crippen LogP contribution in [0.25, 0.3) is 22.0 Å². The van der Waals surface area contributed by atoms with E-state index in [2.05, 4.69) is 20.2 Å². The van der Waals surface area contributed by atoms with Crippen LogP contribution in [-0.4, -0.2) is 52.1 Å². The van der Waals surface area contributed by atoms with Gasteiger partial charge in [0.1, 0.15) is 5.75 Å². The lowest BCUT2D eigenvalue weighted by atomic mass is 10.0. The molecule has 0 spiro atoms. The first kappa shape index (κ1) is 24.2. The summed E-state index contributed by atoms with van der Waals surface area (Å²) >= 11 is 0. The average Bonchev–Trinajstić information content (AvgIpc) is 3.44. The predicted octanol–water partition coefficient (Wildman–Crippen LogP) is 3.69. The number of alkyl halides is 2. The van der Waals surface area contributed by atoms with E-state index in [4.69, 9.17) is 4.74 Å². The van der Waals surface area contributed by atoms with E-state index in [1.54, 1.807) is 35.3 Å². The van der Waals surface area contributed by atoms with Crippen molar-refractivity contribution in [2.75, 3.05) is 31.1 Å². The highest BCUT2D eigenvalue weighted by molar-refractivity contribution is 5.85. The Morgan fingerprint density at radius 3 is 2.50 bits per heavy atom. The number of hydrogen-bond donors (Lipinski definition) is 1. The van der Waals surface area contributed by atoms with Gasteiger partial charge in [-0.05, 0) is 30.2 Å². The van der Waals surface area contributed by atoms with Crippen molar-refractivity contribution in [1.29, 1.82) is 0 Å². The molecule has 11 heteroatoms. The molecule has 0 aliphatic carbocycles. The first-order chi connectivity index (χ1) is 17.1. The molecule has 188 valence electrons. The van der Waals surface area contributed by atoms with Crippen LogP contribution in [0.3, 0.4) is 0 Å². The number of hydrogen-bond acceptors (Lipinski definition) is 6. The number of rotatable bonds is 5. The molecule has 1 unspecified atom stereocenters. The zero-order chi connectivity index (χ0) is 23.9. The van der Waals surface area contributed by atoms with Crippen LogP contribution in [0.15, 0.2) is 59.7 Å². The second-order valence-electron chi connectivity index (χ2n) is 8.73. The normalized spacial score (nSPS) is 17.3. The molecular formula is C25H25ClF2N6O2. The van der Waals surface area contributed by atoms with Crippen molar-refractivity contribution in [2.24, 2.45) is 0 Å². The number of ether oxygens (including phenoxy) is 1. The summed E-state index contributed by atoms with van der Waals surface area (Å²) in [4.78, 5) is 24.4. The largest absolute Gasteiger partial charge is 0.434 e. The third-order valence-electron chi connectivity index (χ3n) is 6.74. The first-order valence-electron chi connectivity index (χ1n) is 11.7. The molecule has 1 saturated heterocycles. The molecule has 2 aromatic carbocycles. The molecule has 36 heavy (non-hydrogen) atoms. The van der Waals surface area contributed by atoms with Crippen LogP contribution in [0.5, 0.6) is 5.75 Å². The molecule has 1 N–H and O–H groups in total. The van der Waals surface area contributed by atoms with Crippen LogP contribution in [-0.2, 0) is 6.54 Å². The number of nitrogens with zero attached hydrogens (tertiary/aromatic N) is 5. The minimum absolute atomic E-state index is 0. The van der Waals surface area contributed by atoms with E-state index in [0.29, 0.717) is 29.9 Å². The topological polar surface area (TPSA) is 77.2 Å². The molecule has 1 fully saturated rings. The van der Waals surface area contributed by atoms with Gasteiger partial charge in [0, 0.05) is 56.2 Å². The Bertz CT molecular complexity index is 1430. The number of halogens is 3. The number of benzene rings is 2. The summed E-state index contributed by atoms with van der Waals surface area (Å²) in [6.07, 6.45) is 4.21.